The van der Waals surface area contributed by atoms with Crippen LogP contribution in [0, 0.1) is 29.1 Å². The van der Waals surface area contributed by atoms with Crippen LogP contribution in [0.3, 0.4) is 0 Å². The van der Waals surface area contributed by atoms with Crippen LogP contribution in [0.2, 0.25) is 0 Å². The highest BCUT2D eigenvalue weighted by Crippen LogP contribution is 2.59. The minimum Gasteiger partial charge on any atom is -0.0956 e. The lowest BCUT2D eigenvalue weighted by Gasteiger charge is -2.44. The summed E-state index contributed by atoms with van der Waals surface area (Å²) in [6, 6.07) is 0. The van der Waals surface area contributed by atoms with E-state index < -0.39 is 0 Å². The first-order valence-electron chi connectivity index (χ1n) is 12.0. The molecular formula is C27H44. The van der Waals surface area contributed by atoms with Gasteiger partial charge in [-0.15, -0.1) is 0 Å². The van der Waals surface area contributed by atoms with E-state index in [4.69, 9.17) is 0 Å². The van der Waals surface area contributed by atoms with Crippen LogP contribution in [-0.2, 0) is 0 Å². The molecule has 3 aliphatic rings. The zero-order chi connectivity index (χ0) is 19.4. The van der Waals surface area contributed by atoms with Gasteiger partial charge in [0.2, 0.25) is 0 Å². The second-order valence-corrected chi connectivity index (χ2v) is 10.6. The van der Waals surface area contributed by atoms with Crippen LogP contribution in [0.5, 0.6) is 0 Å². The van der Waals surface area contributed by atoms with E-state index in [1.165, 1.54) is 88.2 Å². The molecule has 0 aromatic carbocycles. The molecule has 0 bridgehead atoms. The molecule has 0 radical (unpaired) electrons. The highest BCUT2D eigenvalue weighted by molar-refractivity contribution is 5.35. The van der Waals surface area contributed by atoms with Gasteiger partial charge < -0.3 is 0 Å². The van der Waals surface area contributed by atoms with Gasteiger partial charge in [0.15, 0.2) is 0 Å². The first kappa shape index (κ1) is 20.9. The maximum absolute atomic E-state index is 4.32. The molecule has 3 aliphatic carbocycles. The third kappa shape index (κ3) is 4.80. The average molecular weight is 369 g/mol. The zero-order valence-corrected chi connectivity index (χ0v) is 18.7. The largest absolute Gasteiger partial charge is 0.0956 e. The van der Waals surface area contributed by atoms with Gasteiger partial charge in [-0.2, -0.15) is 0 Å². The quantitative estimate of drug-likeness (QED) is 0.440. The molecule has 0 spiro atoms. The van der Waals surface area contributed by atoms with Crippen molar-refractivity contribution in [2.45, 2.75) is 105 Å². The number of allylic oxidation sites excluding steroid dienone is 5. The van der Waals surface area contributed by atoms with Crippen molar-refractivity contribution >= 4 is 0 Å². The molecule has 152 valence electrons. The molecule has 27 heavy (non-hydrogen) atoms. The monoisotopic (exact) mass is 368 g/mol. The predicted octanol–water partition coefficient (Wildman–Crippen LogP) is 8.65. The van der Waals surface area contributed by atoms with Crippen LogP contribution in [0.15, 0.2) is 35.5 Å². The van der Waals surface area contributed by atoms with Gasteiger partial charge >= 0.3 is 0 Å². The molecular weight excluding hydrogens is 324 g/mol. The van der Waals surface area contributed by atoms with E-state index in [0.717, 1.165) is 23.7 Å². The lowest BCUT2D eigenvalue weighted by atomic mass is 9.60. The molecule has 0 heterocycles. The minimum atomic E-state index is 0.559. The van der Waals surface area contributed by atoms with E-state index in [1.807, 2.05) is 0 Å². The van der Waals surface area contributed by atoms with Crippen molar-refractivity contribution < 1.29 is 0 Å². The summed E-state index contributed by atoms with van der Waals surface area (Å²) < 4.78 is 0. The summed E-state index contributed by atoms with van der Waals surface area (Å²) in [5, 5.41) is 0. The topological polar surface area (TPSA) is 0 Å². The van der Waals surface area contributed by atoms with Crippen LogP contribution in [0.4, 0.5) is 0 Å². The highest BCUT2D eigenvalue weighted by Gasteiger charge is 2.50. The van der Waals surface area contributed by atoms with Gasteiger partial charge in [-0.1, -0.05) is 76.8 Å². The lowest BCUT2D eigenvalue weighted by Crippen LogP contribution is -2.36. The molecule has 0 saturated heterocycles. The Morgan fingerprint density at radius 3 is 2.52 bits per heavy atom. The predicted molar refractivity (Wildman–Crippen MR) is 120 cm³/mol. The fraction of sp³-hybridized carbons (Fsp3) is 0.778. The van der Waals surface area contributed by atoms with Gasteiger partial charge in [0.25, 0.3) is 0 Å². The molecule has 3 fully saturated rings. The smallest absolute Gasteiger partial charge is 0.0143 e. The molecule has 0 aromatic rings. The number of rotatable bonds is 6. The second kappa shape index (κ2) is 9.15. The Hall–Kier alpha value is -0.780. The van der Waals surface area contributed by atoms with E-state index in [-0.39, 0.29) is 0 Å². The molecule has 0 amide bonds. The standard InChI is InChI=1S/C27H44/c1-20(2)10-8-12-22(4)25-17-18-26-24(14-9-19-27(25,26)5)16-15-23-13-7-6-11-21(23)3/h15-16,20,22,25-26H,3,6-14,17-19H2,1-2,4-5H3/b23-15-,24-16+/t22-,25-,26+,27?/m1/s1. The van der Waals surface area contributed by atoms with Crippen molar-refractivity contribution in [2.75, 3.05) is 0 Å². The average Bonchev–Trinajstić information content (AvgIpc) is 2.98. The maximum atomic E-state index is 4.32. The van der Waals surface area contributed by atoms with E-state index in [9.17, 15) is 0 Å². The Bertz CT molecular complexity index is 575. The molecule has 0 nitrogen and oxygen atoms in total. The van der Waals surface area contributed by atoms with Crippen LogP contribution in [-0.4, -0.2) is 0 Å². The SMILES string of the molecule is C=C1CCCC/C1=C/C=C1\CCCC2(C)[C@@H]([C@H](C)CCCC(C)C)CC[C@@H]12. The van der Waals surface area contributed by atoms with Gasteiger partial charge in [-0.25, -0.2) is 0 Å². The molecule has 0 aliphatic heterocycles. The van der Waals surface area contributed by atoms with Crippen molar-refractivity contribution in [1.82, 2.24) is 0 Å². The van der Waals surface area contributed by atoms with E-state index in [0.29, 0.717) is 5.41 Å². The van der Waals surface area contributed by atoms with Gasteiger partial charge in [0, 0.05) is 0 Å². The Labute approximate surface area is 169 Å². The van der Waals surface area contributed by atoms with Crippen molar-refractivity contribution in [3.63, 3.8) is 0 Å². The molecule has 1 unspecified atom stereocenters. The fourth-order valence-electron chi connectivity index (χ4n) is 6.66. The summed E-state index contributed by atoms with van der Waals surface area (Å²) >= 11 is 0. The Kier molecular flexibility index (Phi) is 7.09. The molecule has 3 rings (SSSR count). The first-order valence-corrected chi connectivity index (χ1v) is 12.0. The molecule has 3 saturated carbocycles. The van der Waals surface area contributed by atoms with Gasteiger partial charge in [0.1, 0.15) is 0 Å². The summed E-state index contributed by atoms with van der Waals surface area (Å²) in [4.78, 5) is 0. The lowest BCUT2D eigenvalue weighted by molar-refractivity contribution is 0.0929. The molecule has 4 atom stereocenters. The van der Waals surface area contributed by atoms with E-state index >= 15 is 0 Å². The van der Waals surface area contributed by atoms with Crippen molar-refractivity contribution in [2.24, 2.45) is 29.1 Å². The van der Waals surface area contributed by atoms with Crippen LogP contribution in [0.25, 0.3) is 0 Å². The Morgan fingerprint density at radius 2 is 1.78 bits per heavy atom. The summed E-state index contributed by atoms with van der Waals surface area (Å²) in [7, 11) is 0. The van der Waals surface area contributed by atoms with Crippen LogP contribution in [0.1, 0.15) is 105 Å². The number of hydrogen-bond donors (Lipinski definition) is 0. The fourth-order valence-corrected chi connectivity index (χ4v) is 6.66. The second-order valence-electron chi connectivity index (χ2n) is 10.6. The van der Waals surface area contributed by atoms with E-state index in [1.54, 1.807) is 5.57 Å². The van der Waals surface area contributed by atoms with Crippen molar-refractivity contribution in [3.05, 3.63) is 35.5 Å². The maximum Gasteiger partial charge on any atom is -0.0143 e. The normalized spacial score (nSPS) is 35.8. The summed E-state index contributed by atoms with van der Waals surface area (Å²) in [5.41, 5.74) is 5.27. The van der Waals surface area contributed by atoms with Gasteiger partial charge in [0.05, 0.1) is 0 Å². The van der Waals surface area contributed by atoms with Gasteiger partial charge in [-0.3, -0.25) is 0 Å². The van der Waals surface area contributed by atoms with Crippen molar-refractivity contribution in [3.8, 4) is 0 Å². The molecule has 0 aromatic heterocycles. The Morgan fingerprint density at radius 1 is 1.00 bits per heavy atom. The summed E-state index contributed by atoms with van der Waals surface area (Å²) in [6.45, 7) is 14.3. The van der Waals surface area contributed by atoms with Crippen LogP contribution < -0.4 is 0 Å². The van der Waals surface area contributed by atoms with Crippen LogP contribution >= 0.6 is 0 Å². The zero-order valence-electron chi connectivity index (χ0n) is 18.7. The van der Waals surface area contributed by atoms with Gasteiger partial charge in [-0.05, 0) is 92.4 Å². The number of fused-ring (bicyclic) bond motifs is 1. The minimum absolute atomic E-state index is 0.559. The summed E-state index contributed by atoms with van der Waals surface area (Å²) in [6.07, 6.45) is 21.5. The first-order chi connectivity index (χ1) is 12.9. The molecule has 0 heteroatoms. The third-order valence-electron chi connectivity index (χ3n) is 8.29. The molecule has 0 N–H and O–H groups in total. The highest BCUT2D eigenvalue weighted by atomic mass is 14.5. The summed E-state index contributed by atoms with van der Waals surface area (Å²) in [5.74, 6) is 3.54. The van der Waals surface area contributed by atoms with E-state index in [2.05, 4.69) is 46.4 Å². The Balaban J connectivity index is 1.69. The third-order valence-corrected chi connectivity index (χ3v) is 8.29. The number of hydrogen-bond acceptors (Lipinski definition) is 0. The van der Waals surface area contributed by atoms with Crippen molar-refractivity contribution in [1.29, 1.82) is 0 Å².